The summed E-state index contributed by atoms with van der Waals surface area (Å²) in [5.74, 6) is -1.08. The lowest BCUT2D eigenvalue weighted by molar-refractivity contribution is -0.137. The molecule has 1 aliphatic heterocycles. The second-order valence-corrected chi connectivity index (χ2v) is 7.92. The average Bonchev–Trinajstić information content (AvgIpc) is 3.18. The number of fused-ring (bicyclic) bond motifs is 3. The number of rotatable bonds is 4. The van der Waals surface area contributed by atoms with E-state index in [1.807, 2.05) is 24.3 Å². The number of nitrogens with one attached hydrogen (secondary N) is 1. The van der Waals surface area contributed by atoms with Crippen molar-refractivity contribution in [1.29, 1.82) is 0 Å². The Morgan fingerprint density at radius 3 is 2.92 bits per heavy atom. The van der Waals surface area contributed by atoms with Crippen LogP contribution in [0.25, 0.3) is 10.9 Å². The number of H-pyrrole nitrogens is 1. The van der Waals surface area contributed by atoms with Crippen molar-refractivity contribution in [3.63, 3.8) is 0 Å². The van der Waals surface area contributed by atoms with Crippen LogP contribution in [0.4, 0.5) is 0 Å². The number of aromatic amines is 1. The third-order valence-electron chi connectivity index (χ3n) is 4.39. The van der Waals surface area contributed by atoms with Gasteiger partial charge >= 0.3 is 5.97 Å². The normalized spacial score (nSPS) is 15.4. The standard InChI is InChI=1S/C16H16N4O4S/c21-16(22)10-19-8-11(7-17-19)25(23,24)20-6-5-13-12-3-1-2-4-14(12)18-15(13)9-20/h1-4,7-8,18H,5-6,9-10H2,(H,21,22). The summed E-state index contributed by atoms with van der Waals surface area (Å²) in [4.78, 5) is 14.0. The molecule has 0 fully saturated rings. The van der Waals surface area contributed by atoms with Gasteiger partial charge in [0.15, 0.2) is 0 Å². The van der Waals surface area contributed by atoms with Crippen molar-refractivity contribution in [3.05, 3.63) is 47.9 Å². The Morgan fingerprint density at radius 2 is 2.12 bits per heavy atom. The summed E-state index contributed by atoms with van der Waals surface area (Å²) >= 11 is 0. The van der Waals surface area contributed by atoms with Crippen molar-refractivity contribution < 1.29 is 18.3 Å². The average molecular weight is 360 g/mol. The molecule has 0 spiro atoms. The number of carbonyl (C=O) groups is 1. The van der Waals surface area contributed by atoms with Gasteiger partial charge < -0.3 is 10.1 Å². The molecule has 0 aliphatic carbocycles. The molecule has 1 aromatic carbocycles. The molecule has 0 radical (unpaired) electrons. The van der Waals surface area contributed by atoms with E-state index in [4.69, 9.17) is 5.11 Å². The second-order valence-electron chi connectivity index (χ2n) is 5.98. The highest BCUT2D eigenvalue weighted by atomic mass is 32.2. The van der Waals surface area contributed by atoms with E-state index in [1.165, 1.54) is 16.7 Å². The van der Waals surface area contributed by atoms with Crippen LogP contribution in [0.1, 0.15) is 11.3 Å². The minimum atomic E-state index is -3.72. The molecule has 3 aromatic rings. The van der Waals surface area contributed by atoms with Crippen molar-refractivity contribution >= 4 is 26.9 Å². The first-order valence-corrected chi connectivity index (χ1v) is 9.22. The van der Waals surface area contributed by atoms with Crippen molar-refractivity contribution in [2.45, 2.75) is 24.4 Å². The first-order chi connectivity index (χ1) is 11.9. The fourth-order valence-corrected chi connectivity index (χ4v) is 4.59. The van der Waals surface area contributed by atoms with Crippen molar-refractivity contribution in [2.24, 2.45) is 0 Å². The SMILES string of the molecule is O=C(O)Cn1cc(S(=O)(=O)N2CCc3c([nH]c4ccccc34)C2)cn1. The number of aromatic nitrogens is 3. The smallest absolute Gasteiger partial charge is 0.325 e. The minimum absolute atomic E-state index is 0.00770. The zero-order valence-corrected chi connectivity index (χ0v) is 14.0. The second kappa shape index (κ2) is 5.71. The first kappa shape index (κ1) is 15.9. The fourth-order valence-electron chi connectivity index (χ4n) is 3.23. The number of aliphatic carboxylic acids is 1. The van der Waals surface area contributed by atoms with Gasteiger partial charge in [-0.15, -0.1) is 0 Å². The quantitative estimate of drug-likeness (QED) is 0.727. The topological polar surface area (TPSA) is 108 Å². The van der Waals surface area contributed by atoms with Gasteiger partial charge in [0.05, 0.1) is 12.7 Å². The zero-order valence-electron chi connectivity index (χ0n) is 13.2. The maximum atomic E-state index is 12.8. The third kappa shape index (κ3) is 2.71. The van der Waals surface area contributed by atoms with Crippen LogP contribution in [0.5, 0.6) is 0 Å². The number of benzene rings is 1. The van der Waals surface area contributed by atoms with E-state index >= 15 is 0 Å². The zero-order chi connectivity index (χ0) is 17.6. The van der Waals surface area contributed by atoms with E-state index in [0.717, 1.165) is 26.8 Å². The highest BCUT2D eigenvalue weighted by molar-refractivity contribution is 7.89. The van der Waals surface area contributed by atoms with Gasteiger partial charge in [0.2, 0.25) is 10.0 Å². The Morgan fingerprint density at radius 1 is 1.32 bits per heavy atom. The van der Waals surface area contributed by atoms with Gasteiger partial charge in [0.25, 0.3) is 0 Å². The van der Waals surface area contributed by atoms with Crippen LogP contribution in [0.2, 0.25) is 0 Å². The molecule has 0 bridgehead atoms. The molecule has 1 aliphatic rings. The van der Waals surface area contributed by atoms with Gasteiger partial charge in [-0.1, -0.05) is 18.2 Å². The molecule has 2 N–H and O–H groups in total. The first-order valence-electron chi connectivity index (χ1n) is 7.78. The predicted molar refractivity (Wildman–Crippen MR) is 89.5 cm³/mol. The van der Waals surface area contributed by atoms with Crippen LogP contribution in [0, 0.1) is 0 Å². The van der Waals surface area contributed by atoms with E-state index in [9.17, 15) is 13.2 Å². The molecule has 0 saturated heterocycles. The molecule has 130 valence electrons. The van der Waals surface area contributed by atoms with Crippen LogP contribution in [-0.4, -0.2) is 45.1 Å². The van der Waals surface area contributed by atoms with Crippen LogP contribution in [0.15, 0.2) is 41.6 Å². The maximum Gasteiger partial charge on any atom is 0.325 e. The lowest BCUT2D eigenvalue weighted by Crippen LogP contribution is -2.35. The molecule has 25 heavy (non-hydrogen) atoms. The summed E-state index contributed by atoms with van der Waals surface area (Å²) in [5, 5.41) is 13.7. The van der Waals surface area contributed by atoms with Crippen molar-refractivity contribution in [1.82, 2.24) is 19.1 Å². The van der Waals surface area contributed by atoms with Gasteiger partial charge in [-0.25, -0.2) is 8.42 Å². The molecule has 0 unspecified atom stereocenters. The predicted octanol–water partition coefficient (Wildman–Crippen LogP) is 1.20. The van der Waals surface area contributed by atoms with Crippen molar-refractivity contribution in [2.75, 3.05) is 6.54 Å². The van der Waals surface area contributed by atoms with E-state index < -0.39 is 16.0 Å². The van der Waals surface area contributed by atoms with E-state index in [0.29, 0.717) is 13.0 Å². The van der Waals surface area contributed by atoms with Crippen LogP contribution < -0.4 is 0 Å². The number of carboxylic acids is 1. The molecule has 4 rings (SSSR count). The lowest BCUT2D eigenvalue weighted by atomic mass is 10.1. The Balaban J connectivity index is 1.64. The molecule has 2 aromatic heterocycles. The highest BCUT2D eigenvalue weighted by Gasteiger charge is 2.31. The number of hydrogen-bond acceptors (Lipinski definition) is 4. The molecular formula is C16H16N4O4S. The Bertz CT molecular complexity index is 1070. The molecule has 0 atom stereocenters. The monoisotopic (exact) mass is 360 g/mol. The van der Waals surface area contributed by atoms with Crippen molar-refractivity contribution in [3.8, 4) is 0 Å². The molecule has 3 heterocycles. The van der Waals surface area contributed by atoms with E-state index in [-0.39, 0.29) is 18.0 Å². The lowest BCUT2D eigenvalue weighted by Gasteiger charge is -2.25. The Hall–Kier alpha value is -2.65. The number of para-hydroxylation sites is 1. The number of hydrogen-bond donors (Lipinski definition) is 2. The van der Waals surface area contributed by atoms with Gasteiger partial charge in [-0.2, -0.15) is 9.40 Å². The Kier molecular flexibility index (Phi) is 3.62. The number of nitrogens with zero attached hydrogens (tertiary/aromatic N) is 3. The van der Waals surface area contributed by atoms with Gasteiger partial charge in [0, 0.05) is 29.3 Å². The molecule has 0 amide bonds. The summed E-state index contributed by atoms with van der Waals surface area (Å²) in [6.45, 7) is 0.263. The molecule has 0 saturated carbocycles. The Labute approximate surface area is 143 Å². The summed E-state index contributed by atoms with van der Waals surface area (Å²) < 4.78 is 28.1. The molecule has 8 nitrogen and oxygen atoms in total. The highest BCUT2D eigenvalue weighted by Crippen LogP contribution is 2.30. The minimum Gasteiger partial charge on any atom is -0.480 e. The third-order valence-corrected chi connectivity index (χ3v) is 6.19. The largest absolute Gasteiger partial charge is 0.480 e. The number of carboxylic acid groups (broad SMARTS) is 1. The summed E-state index contributed by atoms with van der Waals surface area (Å²) in [6.07, 6.45) is 3.07. The molecule has 9 heteroatoms. The maximum absolute atomic E-state index is 12.8. The summed E-state index contributed by atoms with van der Waals surface area (Å²) in [6, 6.07) is 7.92. The van der Waals surface area contributed by atoms with Gasteiger partial charge in [0.1, 0.15) is 11.4 Å². The van der Waals surface area contributed by atoms with E-state index in [1.54, 1.807) is 0 Å². The van der Waals surface area contributed by atoms with Crippen LogP contribution in [-0.2, 0) is 34.3 Å². The summed E-state index contributed by atoms with van der Waals surface area (Å²) in [5.41, 5.74) is 3.05. The fraction of sp³-hybridized carbons (Fsp3) is 0.250. The number of sulfonamides is 1. The molecular weight excluding hydrogens is 344 g/mol. The van der Waals surface area contributed by atoms with Gasteiger partial charge in [-0.05, 0) is 18.1 Å². The van der Waals surface area contributed by atoms with Crippen LogP contribution in [0.3, 0.4) is 0 Å². The van der Waals surface area contributed by atoms with E-state index in [2.05, 4.69) is 10.1 Å². The summed E-state index contributed by atoms with van der Waals surface area (Å²) in [7, 11) is -3.72. The van der Waals surface area contributed by atoms with Gasteiger partial charge in [-0.3, -0.25) is 9.48 Å². The van der Waals surface area contributed by atoms with Crippen LogP contribution >= 0.6 is 0 Å².